The fourth-order valence-corrected chi connectivity index (χ4v) is 1.73. The van der Waals surface area contributed by atoms with Gasteiger partial charge in [0.25, 0.3) is 0 Å². The number of carboxylic acids is 1. The lowest BCUT2D eigenvalue weighted by molar-refractivity contribution is -0.138. The van der Waals surface area contributed by atoms with Crippen LogP contribution in [0.15, 0.2) is 24.3 Å². The topological polar surface area (TPSA) is 37.3 Å². The van der Waals surface area contributed by atoms with Gasteiger partial charge in [-0.05, 0) is 36.5 Å². The van der Waals surface area contributed by atoms with E-state index in [1.165, 1.54) is 12.1 Å². The highest BCUT2D eigenvalue weighted by Gasteiger charge is 2.30. The molecule has 1 atom stereocenters. The van der Waals surface area contributed by atoms with Gasteiger partial charge in [-0.3, -0.25) is 4.79 Å². The van der Waals surface area contributed by atoms with E-state index in [2.05, 4.69) is 0 Å². The highest BCUT2D eigenvalue weighted by atomic mass is 19.4. The first kappa shape index (κ1) is 14.5. The van der Waals surface area contributed by atoms with E-state index in [1.807, 2.05) is 6.92 Å². The molecule has 100 valence electrons. The van der Waals surface area contributed by atoms with Crippen LogP contribution in [0.25, 0.3) is 0 Å². The Balaban J connectivity index is 2.59. The summed E-state index contributed by atoms with van der Waals surface area (Å²) in [5.41, 5.74) is 0.136. The van der Waals surface area contributed by atoms with Gasteiger partial charge in [0.15, 0.2) is 0 Å². The van der Waals surface area contributed by atoms with Crippen molar-refractivity contribution in [2.75, 3.05) is 0 Å². The quantitative estimate of drug-likeness (QED) is 0.866. The van der Waals surface area contributed by atoms with Gasteiger partial charge in [-0.1, -0.05) is 19.1 Å². The third kappa shape index (κ3) is 4.39. The van der Waals surface area contributed by atoms with Crippen molar-refractivity contribution in [3.63, 3.8) is 0 Å². The van der Waals surface area contributed by atoms with Gasteiger partial charge in [0.05, 0.1) is 5.56 Å². The zero-order valence-corrected chi connectivity index (χ0v) is 10.00. The first-order chi connectivity index (χ1) is 8.30. The second kappa shape index (κ2) is 5.89. The third-order valence-corrected chi connectivity index (χ3v) is 2.83. The minimum Gasteiger partial charge on any atom is -0.481 e. The van der Waals surface area contributed by atoms with Crippen LogP contribution in [0.1, 0.15) is 43.2 Å². The van der Waals surface area contributed by atoms with Crippen LogP contribution in [0.3, 0.4) is 0 Å². The number of hydrogen-bond donors (Lipinski definition) is 1. The van der Waals surface area contributed by atoms with Crippen molar-refractivity contribution in [3.8, 4) is 0 Å². The minimum absolute atomic E-state index is 0.0617. The number of carbonyl (C=O) groups is 1. The van der Waals surface area contributed by atoms with E-state index in [0.29, 0.717) is 12.8 Å². The molecule has 1 N–H and O–H groups in total. The van der Waals surface area contributed by atoms with Crippen LogP contribution in [0.5, 0.6) is 0 Å². The zero-order valence-electron chi connectivity index (χ0n) is 10.00. The number of hydrogen-bond acceptors (Lipinski definition) is 1. The molecule has 0 aliphatic heterocycles. The van der Waals surface area contributed by atoms with Gasteiger partial charge in [-0.25, -0.2) is 0 Å². The lowest BCUT2D eigenvalue weighted by Crippen LogP contribution is -2.05. The molecule has 5 heteroatoms. The average molecular weight is 260 g/mol. The lowest BCUT2D eigenvalue weighted by atomic mass is 9.94. The molecular formula is C13H15F3O2. The molecule has 1 aromatic carbocycles. The summed E-state index contributed by atoms with van der Waals surface area (Å²) < 4.78 is 37.0. The summed E-state index contributed by atoms with van der Waals surface area (Å²) in [7, 11) is 0. The highest BCUT2D eigenvalue weighted by molar-refractivity contribution is 5.66. The fraction of sp³-hybridized carbons (Fsp3) is 0.462. The number of aliphatic carboxylic acids is 1. The van der Waals surface area contributed by atoms with Crippen molar-refractivity contribution in [1.29, 1.82) is 0 Å². The first-order valence-electron chi connectivity index (χ1n) is 5.69. The smallest absolute Gasteiger partial charge is 0.416 e. The molecule has 1 rings (SSSR count). The summed E-state index contributed by atoms with van der Waals surface area (Å²) >= 11 is 0. The van der Waals surface area contributed by atoms with Crippen molar-refractivity contribution < 1.29 is 23.1 Å². The number of carboxylic acid groups (broad SMARTS) is 1. The molecule has 18 heavy (non-hydrogen) atoms. The molecule has 0 bridgehead atoms. The lowest BCUT2D eigenvalue weighted by Gasteiger charge is -2.13. The Hall–Kier alpha value is -1.52. The minimum atomic E-state index is -4.31. The third-order valence-electron chi connectivity index (χ3n) is 2.83. The monoisotopic (exact) mass is 260 g/mol. The summed E-state index contributed by atoms with van der Waals surface area (Å²) in [6.45, 7) is 1.88. The maximum Gasteiger partial charge on any atom is 0.416 e. The van der Waals surface area contributed by atoms with Crippen molar-refractivity contribution in [2.45, 2.75) is 38.3 Å². The van der Waals surface area contributed by atoms with Crippen LogP contribution in [-0.4, -0.2) is 11.1 Å². The number of halogens is 3. The number of alkyl halides is 3. The molecule has 0 heterocycles. The number of benzene rings is 1. The van der Waals surface area contributed by atoms with Gasteiger partial charge in [-0.2, -0.15) is 13.2 Å². The molecule has 0 radical (unpaired) electrons. The van der Waals surface area contributed by atoms with Gasteiger partial charge >= 0.3 is 12.1 Å². The van der Waals surface area contributed by atoms with E-state index in [9.17, 15) is 18.0 Å². The van der Waals surface area contributed by atoms with Crippen LogP contribution >= 0.6 is 0 Å². The Labute approximate surface area is 103 Å². The van der Waals surface area contributed by atoms with Crippen molar-refractivity contribution in [2.24, 2.45) is 0 Å². The van der Waals surface area contributed by atoms with Crippen LogP contribution in [0, 0.1) is 0 Å². The second-order valence-corrected chi connectivity index (χ2v) is 4.31. The van der Waals surface area contributed by atoms with E-state index in [1.54, 1.807) is 0 Å². The van der Waals surface area contributed by atoms with Gasteiger partial charge in [0.2, 0.25) is 0 Å². The largest absolute Gasteiger partial charge is 0.481 e. The maximum absolute atomic E-state index is 12.3. The Bertz CT molecular complexity index is 396. The SMILES string of the molecule is CC(CCCC(=O)O)c1ccc(C(F)(F)F)cc1. The van der Waals surface area contributed by atoms with Crippen LogP contribution in [0.2, 0.25) is 0 Å². The molecule has 2 nitrogen and oxygen atoms in total. The molecule has 0 aliphatic carbocycles. The molecule has 0 saturated carbocycles. The Morgan fingerprint density at radius 3 is 2.28 bits per heavy atom. The highest BCUT2D eigenvalue weighted by Crippen LogP contribution is 2.30. The Kier molecular flexibility index (Phi) is 4.76. The summed E-state index contributed by atoms with van der Waals surface area (Å²) in [6.07, 6.45) is -3.05. The number of rotatable bonds is 5. The van der Waals surface area contributed by atoms with E-state index < -0.39 is 17.7 Å². The molecule has 1 unspecified atom stereocenters. The van der Waals surface area contributed by atoms with Crippen molar-refractivity contribution in [1.82, 2.24) is 0 Å². The van der Waals surface area contributed by atoms with Gasteiger partial charge in [0, 0.05) is 6.42 Å². The van der Waals surface area contributed by atoms with Crippen molar-refractivity contribution >= 4 is 5.97 Å². The summed E-state index contributed by atoms with van der Waals surface area (Å²) in [6, 6.07) is 5.02. The maximum atomic E-state index is 12.3. The summed E-state index contributed by atoms with van der Waals surface area (Å²) in [5.74, 6) is -0.791. The van der Waals surface area contributed by atoms with E-state index in [-0.39, 0.29) is 12.3 Å². The predicted octanol–water partition coefficient (Wildman–Crippen LogP) is 4.06. The second-order valence-electron chi connectivity index (χ2n) is 4.31. The average Bonchev–Trinajstić information content (AvgIpc) is 2.27. The molecule has 0 aromatic heterocycles. The predicted molar refractivity (Wildman–Crippen MR) is 61.3 cm³/mol. The molecule has 0 spiro atoms. The Morgan fingerprint density at radius 2 is 1.83 bits per heavy atom. The van der Waals surface area contributed by atoms with Crippen LogP contribution in [-0.2, 0) is 11.0 Å². The van der Waals surface area contributed by atoms with Gasteiger partial charge in [-0.15, -0.1) is 0 Å². The normalized spacial score (nSPS) is 13.3. The molecule has 1 aromatic rings. The molecule has 0 amide bonds. The zero-order chi connectivity index (χ0) is 13.8. The molecule has 0 aliphatic rings. The fourth-order valence-electron chi connectivity index (χ4n) is 1.73. The van der Waals surface area contributed by atoms with E-state index in [4.69, 9.17) is 5.11 Å². The van der Waals surface area contributed by atoms with Gasteiger partial charge in [0.1, 0.15) is 0 Å². The Morgan fingerprint density at radius 1 is 1.28 bits per heavy atom. The van der Waals surface area contributed by atoms with Crippen LogP contribution in [0.4, 0.5) is 13.2 Å². The molecule has 0 fully saturated rings. The molecular weight excluding hydrogens is 245 g/mol. The van der Waals surface area contributed by atoms with E-state index >= 15 is 0 Å². The van der Waals surface area contributed by atoms with Crippen LogP contribution < -0.4 is 0 Å². The summed E-state index contributed by atoms with van der Waals surface area (Å²) in [5, 5.41) is 8.50. The van der Waals surface area contributed by atoms with Crippen molar-refractivity contribution in [3.05, 3.63) is 35.4 Å². The van der Waals surface area contributed by atoms with E-state index in [0.717, 1.165) is 17.7 Å². The summed E-state index contributed by atoms with van der Waals surface area (Å²) in [4.78, 5) is 10.3. The molecule has 0 saturated heterocycles. The van der Waals surface area contributed by atoms with Gasteiger partial charge < -0.3 is 5.11 Å². The first-order valence-corrected chi connectivity index (χ1v) is 5.69. The standard InChI is InChI=1S/C13H15F3O2/c1-9(3-2-4-12(17)18)10-5-7-11(8-6-10)13(14,15)16/h5-9H,2-4H2,1H3,(H,17,18).